The number of methoxy groups -OCH3 is 4. The molecule has 2 atom stereocenters. The van der Waals surface area contributed by atoms with E-state index in [1.807, 2.05) is 0 Å². The first-order valence-electron chi connectivity index (χ1n) is 24.0. The summed E-state index contributed by atoms with van der Waals surface area (Å²) in [6, 6.07) is 30.0. The molecule has 0 fully saturated rings. The number of imide groups is 2. The summed E-state index contributed by atoms with van der Waals surface area (Å²) in [4.78, 5) is 81.6. The minimum atomic E-state index is -3.99. The molecule has 0 radical (unpaired) electrons. The number of phenolic OH excluding ortho intramolecular Hbond substituents is 1. The predicted molar refractivity (Wildman–Crippen MR) is 286 cm³/mol. The summed E-state index contributed by atoms with van der Waals surface area (Å²) < 4.78 is 61.1. The Balaban J connectivity index is 0.000000227. The molecule has 0 aromatic heterocycles. The van der Waals surface area contributed by atoms with Gasteiger partial charge in [0, 0.05) is 11.4 Å². The summed E-state index contributed by atoms with van der Waals surface area (Å²) in [5, 5.41) is 15.7. The molecule has 6 amide bonds. The van der Waals surface area contributed by atoms with Crippen LogP contribution in [0.2, 0.25) is 0 Å². The maximum atomic E-state index is 13.9. The molecule has 0 saturated heterocycles. The monoisotopic (exact) mass is 1090 g/mol. The van der Waals surface area contributed by atoms with E-state index in [1.54, 1.807) is 126 Å². The first-order valence-corrected chi connectivity index (χ1v) is 25.8. The second-order valence-corrected chi connectivity index (χ2v) is 21.2. The molecule has 2 unspecified atom stereocenters. The van der Waals surface area contributed by atoms with Gasteiger partial charge in [0.2, 0.25) is 0 Å². The van der Waals surface area contributed by atoms with Crippen LogP contribution in [0.3, 0.4) is 0 Å². The third kappa shape index (κ3) is 12.6. The van der Waals surface area contributed by atoms with E-state index in [1.165, 1.54) is 64.8 Å². The van der Waals surface area contributed by atoms with E-state index in [4.69, 9.17) is 32.6 Å². The van der Waals surface area contributed by atoms with Gasteiger partial charge >= 0.3 is 22.3 Å². The molecule has 0 aliphatic carbocycles. The highest BCUT2D eigenvalue weighted by Crippen LogP contribution is 2.44. The van der Waals surface area contributed by atoms with E-state index in [0.717, 1.165) is 16.1 Å². The number of ether oxygens (including phenoxy) is 6. The van der Waals surface area contributed by atoms with Gasteiger partial charge in [0.1, 0.15) is 17.0 Å². The zero-order valence-electron chi connectivity index (χ0n) is 44.6. The summed E-state index contributed by atoms with van der Waals surface area (Å²) in [6.07, 6.45) is -0.473. The summed E-state index contributed by atoms with van der Waals surface area (Å²) >= 11 is 0. The van der Waals surface area contributed by atoms with Crippen LogP contribution in [0.25, 0.3) is 0 Å². The van der Waals surface area contributed by atoms with Crippen molar-refractivity contribution in [1.29, 1.82) is 0 Å². The molecule has 20 nitrogen and oxygen atoms in total. The zero-order chi connectivity index (χ0) is 57.0. The summed E-state index contributed by atoms with van der Waals surface area (Å²) in [5.74, 6) is -1.45. The van der Waals surface area contributed by atoms with E-state index in [-0.39, 0.29) is 33.8 Å². The van der Waals surface area contributed by atoms with Gasteiger partial charge in [0.15, 0.2) is 28.7 Å². The number of carbonyl (C=O) groups excluding carboxylic acids is 6. The minimum absolute atomic E-state index is 0.00957. The van der Waals surface area contributed by atoms with E-state index in [0.29, 0.717) is 56.6 Å². The van der Waals surface area contributed by atoms with Crippen molar-refractivity contribution in [3.8, 4) is 34.5 Å². The van der Waals surface area contributed by atoms with Gasteiger partial charge in [-0.3, -0.25) is 39.6 Å². The van der Waals surface area contributed by atoms with Crippen molar-refractivity contribution >= 4 is 57.3 Å². The van der Waals surface area contributed by atoms with Crippen molar-refractivity contribution < 1.29 is 74.9 Å². The zero-order valence-corrected chi connectivity index (χ0v) is 45.4. The molecular weight excluding hydrogens is 1030 g/mol. The first kappa shape index (κ1) is 56.6. The van der Waals surface area contributed by atoms with Gasteiger partial charge in [-0.1, -0.05) is 48.5 Å². The molecule has 0 saturated carbocycles. The van der Waals surface area contributed by atoms with Crippen LogP contribution in [0.1, 0.15) is 117 Å². The van der Waals surface area contributed by atoms with Crippen LogP contribution in [-0.2, 0) is 19.6 Å². The van der Waals surface area contributed by atoms with Gasteiger partial charge in [0.05, 0.1) is 69.0 Å². The summed E-state index contributed by atoms with van der Waals surface area (Å²) in [7, 11) is 1.94. The fourth-order valence-corrected chi connectivity index (χ4v) is 9.17. The molecule has 0 bridgehead atoms. The van der Waals surface area contributed by atoms with Crippen LogP contribution in [0.15, 0.2) is 121 Å². The molecule has 408 valence electrons. The van der Waals surface area contributed by atoms with Crippen molar-refractivity contribution in [2.75, 3.05) is 45.3 Å². The lowest BCUT2D eigenvalue weighted by atomic mass is 9.96. The number of amides is 6. The van der Waals surface area contributed by atoms with E-state index >= 15 is 0 Å². The number of benzene rings is 6. The number of hydrogen-bond donors (Lipinski definition) is 3. The van der Waals surface area contributed by atoms with Gasteiger partial charge in [0.25, 0.3) is 23.6 Å². The maximum Gasteiger partial charge on any atom is 0.412 e. The molecule has 2 aliphatic heterocycles. The smallest absolute Gasteiger partial charge is 0.412 e. The van der Waals surface area contributed by atoms with Crippen molar-refractivity contribution in [1.82, 2.24) is 9.80 Å². The number of phenols is 1. The van der Waals surface area contributed by atoms with Gasteiger partial charge in [-0.05, 0) is 137 Å². The molecule has 3 N–H and O–H groups in total. The van der Waals surface area contributed by atoms with Crippen molar-refractivity contribution in [3.05, 3.63) is 166 Å². The normalized spacial score (nSPS) is 13.8. The number of nitrogens with zero attached hydrogens (tertiary/aromatic N) is 2. The Morgan fingerprint density at radius 2 is 0.872 bits per heavy atom. The maximum absolute atomic E-state index is 13.9. The Labute approximate surface area is 450 Å². The number of hydrogen-bond acceptors (Lipinski definition) is 16. The fourth-order valence-electron chi connectivity index (χ4n) is 8.70. The molecular formula is C57H58N4O16S. The molecule has 8 rings (SSSR count). The van der Waals surface area contributed by atoms with Crippen LogP contribution in [0, 0.1) is 0 Å². The largest absolute Gasteiger partial charge is 0.507 e. The molecule has 2 heterocycles. The molecule has 21 heteroatoms. The second kappa shape index (κ2) is 22.6. The first-order chi connectivity index (χ1) is 36.8. The number of fused-ring (bicyclic) bond motifs is 2. The third-order valence-corrected chi connectivity index (χ3v) is 12.2. The van der Waals surface area contributed by atoms with E-state index in [2.05, 4.69) is 10.6 Å². The van der Waals surface area contributed by atoms with Crippen molar-refractivity contribution in [2.24, 2.45) is 0 Å². The van der Waals surface area contributed by atoms with Crippen LogP contribution >= 0.6 is 0 Å². The highest BCUT2D eigenvalue weighted by molar-refractivity contribution is 7.86. The Hall–Kier alpha value is -9.11. The topological polar surface area (TPSA) is 252 Å². The standard InChI is InChI=1S/C29H30N2O9S.C28H28N2O7/c1-29(2,3)39-28(34)30-19-10-7-9-17(15-19)25(18-13-14-21(37-4)23(16-18)38-5)31-26(32)20-11-8-12-22(24(20)27(31)33)40-41(6,35)36;1-28(2,3)37-27(34)29-18-9-6-8-16(14-18)24(17-12-13-21(35-4)22(15-17)36-5)30-25(32)19-10-7-11-20(31)23(19)26(30)33/h7-16,25H,1-6H3,(H,30,34);6-15,24,31H,1-5H3,(H,29,34). The van der Waals surface area contributed by atoms with Crippen LogP contribution < -0.4 is 33.8 Å². The SMILES string of the molecule is COc1ccc(C(c2cccc(NC(=O)OC(C)(C)C)c2)N2C(=O)c3cccc(O)c3C2=O)cc1OC.COc1ccc(C(c2cccc(NC(=O)OC(C)(C)C)c2)N2C(=O)c3cccc(OS(C)(=O)=O)c3C2=O)cc1OC. The van der Waals surface area contributed by atoms with E-state index < -0.39 is 69.2 Å². The quantitative estimate of drug-likeness (QED) is 0.0677. The van der Waals surface area contributed by atoms with Gasteiger partial charge < -0.3 is 37.7 Å². The van der Waals surface area contributed by atoms with Crippen molar-refractivity contribution in [3.63, 3.8) is 0 Å². The number of nitrogens with one attached hydrogen (secondary N) is 2. The Bertz CT molecular complexity index is 3460. The predicted octanol–water partition coefficient (Wildman–Crippen LogP) is 9.92. The highest BCUT2D eigenvalue weighted by Gasteiger charge is 2.45. The lowest BCUT2D eigenvalue weighted by molar-refractivity contribution is 0.0592. The Kier molecular flexibility index (Phi) is 16.4. The summed E-state index contributed by atoms with van der Waals surface area (Å²) in [6.45, 7) is 10.5. The molecule has 6 aromatic rings. The van der Waals surface area contributed by atoms with Gasteiger partial charge in [-0.25, -0.2) is 9.59 Å². The van der Waals surface area contributed by atoms with Crippen LogP contribution in [0.4, 0.5) is 21.0 Å². The van der Waals surface area contributed by atoms with Gasteiger partial charge in [-0.15, -0.1) is 0 Å². The van der Waals surface area contributed by atoms with Gasteiger partial charge in [-0.2, -0.15) is 8.42 Å². The van der Waals surface area contributed by atoms with Crippen LogP contribution in [0.5, 0.6) is 34.5 Å². The number of aromatic hydroxyl groups is 1. The minimum Gasteiger partial charge on any atom is -0.507 e. The van der Waals surface area contributed by atoms with E-state index in [9.17, 15) is 42.3 Å². The molecule has 0 spiro atoms. The Morgan fingerprint density at radius 1 is 0.487 bits per heavy atom. The lowest BCUT2D eigenvalue weighted by Gasteiger charge is -2.28. The van der Waals surface area contributed by atoms with Crippen molar-refractivity contribution in [2.45, 2.75) is 64.8 Å². The average Bonchev–Trinajstić information content (AvgIpc) is 3.92. The lowest BCUT2D eigenvalue weighted by Crippen LogP contribution is -2.35. The average molecular weight is 1090 g/mol. The Morgan fingerprint density at radius 3 is 1.27 bits per heavy atom. The molecule has 78 heavy (non-hydrogen) atoms. The number of rotatable bonds is 14. The summed E-state index contributed by atoms with van der Waals surface area (Å²) in [5.41, 5.74) is 1.28. The van der Waals surface area contributed by atoms with Crippen LogP contribution in [-0.4, -0.2) is 105 Å². The second-order valence-electron chi connectivity index (χ2n) is 19.7. The highest BCUT2D eigenvalue weighted by atomic mass is 32.2. The molecule has 6 aromatic carbocycles. The fraction of sp³-hybridized carbons (Fsp3) is 0.263. The number of anilines is 2. The molecule has 2 aliphatic rings. The third-order valence-electron chi connectivity index (χ3n) is 11.7. The number of carbonyl (C=O) groups is 6.